The zero-order valence-electron chi connectivity index (χ0n) is 55.0. The number of rotatable bonds is 22. The van der Waals surface area contributed by atoms with Crippen LogP contribution < -0.4 is 94.0 Å². The number of carboxylic acid groups (broad SMARTS) is 3. The van der Waals surface area contributed by atoms with Crippen LogP contribution in [-0.4, -0.2) is 145 Å². The zero-order valence-corrected chi connectivity index (χ0v) is 55.0. The van der Waals surface area contributed by atoms with Gasteiger partial charge in [-0.1, -0.05) is 37.8 Å². The molecule has 0 aliphatic carbocycles. The lowest BCUT2D eigenvalue weighted by atomic mass is 10.1. The maximum absolute atomic E-state index is 10.8. The summed E-state index contributed by atoms with van der Waals surface area (Å²) >= 11 is 0. The molecular formula is C67H92N4O22. The number of methoxy groups -OCH3 is 15. The molecule has 7 aromatic rings. The van der Waals surface area contributed by atoms with E-state index in [0.29, 0.717) is 53.3 Å². The molecule has 7 rings (SSSR count). The minimum Gasteiger partial charge on any atom is -0.508 e. The summed E-state index contributed by atoms with van der Waals surface area (Å²) in [5, 5.41) is 35.8. The van der Waals surface area contributed by atoms with Gasteiger partial charge in [0, 0.05) is 60.6 Å². The van der Waals surface area contributed by atoms with Gasteiger partial charge in [0.25, 0.3) is 0 Å². The third kappa shape index (κ3) is 24.4. The topological polar surface area (TPSA) is 375 Å². The fourth-order valence-electron chi connectivity index (χ4n) is 8.30. The molecule has 0 saturated heterocycles. The zero-order chi connectivity index (χ0) is 69.6. The number of benzene rings is 7. The first kappa shape index (κ1) is 82.6. The van der Waals surface area contributed by atoms with Gasteiger partial charge in [-0.15, -0.1) is 0 Å². The summed E-state index contributed by atoms with van der Waals surface area (Å²) in [7, 11) is 22.8. The highest BCUT2D eigenvalue weighted by molar-refractivity contribution is 5.95. The molecule has 26 heteroatoms. The molecule has 0 amide bonds. The van der Waals surface area contributed by atoms with Gasteiger partial charge in [-0.05, 0) is 74.5 Å². The van der Waals surface area contributed by atoms with E-state index in [4.69, 9.17) is 109 Å². The molecule has 26 nitrogen and oxygen atoms in total. The summed E-state index contributed by atoms with van der Waals surface area (Å²) in [6, 6.07) is 32.3. The fraction of sp³-hybridized carbons (Fsp3) is 0.328. The molecule has 0 saturated carbocycles. The van der Waals surface area contributed by atoms with Crippen molar-refractivity contribution in [3.05, 3.63) is 154 Å². The molecule has 0 fully saturated rings. The van der Waals surface area contributed by atoms with Crippen molar-refractivity contribution < 1.29 is 106 Å². The van der Waals surface area contributed by atoms with Gasteiger partial charge >= 0.3 is 17.9 Å². The van der Waals surface area contributed by atoms with Crippen LogP contribution >= 0.6 is 0 Å². The van der Waals surface area contributed by atoms with Gasteiger partial charge in [-0.25, -0.2) is 14.4 Å². The average Bonchev–Trinajstić information content (AvgIpc) is 2.10. The number of phenolic OH excluding ortho intramolecular Hbond substituents is 1. The van der Waals surface area contributed by atoms with Gasteiger partial charge in [0.2, 0.25) is 0 Å². The van der Waals surface area contributed by atoms with Gasteiger partial charge in [0.15, 0.2) is 0 Å². The Bertz CT molecular complexity index is 3090. The standard InChI is InChI=1S/C10H15NO3.2C10H15NO2.C9H13NO2.C9H10O5.2C9H10O4.CH4/c1-12-7-4-9(13-2)8(6-11)10(5-7)14-3;2*1-7(11)10-8(12-2)5-4-6-9(10)13-3;1-11-8-4-3-5-9(12-2)7(8)6-10;1-13-6-3-5(10)4-7(14-2)8(6)9(11)12;2*1-12-6-4-3-5-7(13-2)8(6)9(10)11;/h4-5H,6,11H2,1-3H3;2*4-7H,11H2,1-3H3;3-5H,6,10H2,1-2H3;3-4,10H,1-2H3,(H,11,12);2*3-5H,1-2H3,(H,10,11);1H4/t;2*7-;;;;;/m.10...../s1. The SMILES string of the molecule is C.COc1cc(O)cc(OC)c1C(=O)O.COc1cc(OC)c(CN)c(OC)c1.COc1cccc(OC)c1C(=O)O.COc1cccc(OC)c1C(=O)O.COc1cccc(OC)c1CN.COc1cccc(OC)c1[C@@H](C)N.COc1cccc(OC)c1[C@H](C)N. The monoisotopic (exact) mass is 1300 g/mol. The normalized spacial score (nSPS) is 10.2. The van der Waals surface area contributed by atoms with E-state index in [1.807, 2.05) is 68.4 Å². The van der Waals surface area contributed by atoms with Gasteiger partial charge in [-0.2, -0.15) is 0 Å². The van der Waals surface area contributed by atoms with Crippen molar-refractivity contribution in [1.29, 1.82) is 0 Å². The van der Waals surface area contributed by atoms with Crippen molar-refractivity contribution in [1.82, 2.24) is 0 Å². The first-order valence-corrected chi connectivity index (χ1v) is 27.4. The van der Waals surface area contributed by atoms with Gasteiger partial charge in [0.1, 0.15) is 109 Å². The number of carboxylic acids is 3. The van der Waals surface area contributed by atoms with E-state index in [-0.39, 0.29) is 53.4 Å². The van der Waals surface area contributed by atoms with Gasteiger partial charge < -0.3 is 114 Å². The molecule has 0 radical (unpaired) electrons. The van der Waals surface area contributed by atoms with E-state index in [2.05, 4.69) is 0 Å². The van der Waals surface area contributed by atoms with Crippen molar-refractivity contribution in [3.63, 3.8) is 0 Å². The number of ether oxygens (including phenoxy) is 15. The highest BCUT2D eigenvalue weighted by Crippen LogP contribution is 2.37. The Morgan fingerprint density at radius 2 is 0.538 bits per heavy atom. The lowest BCUT2D eigenvalue weighted by Crippen LogP contribution is -2.08. The van der Waals surface area contributed by atoms with Crippen molar-refractivity contribution in [2.75, 3.05) is 107 Å². The van der Waals surface area contributed by atoms with Gasteiger partial charge in [0.05, 0.1) is 118 Å². The molecule has 93 heavy (non-hydrogen) atoms. The molecule has 0 unspecified atom stereocenters. The predicted molar refractivity (Wildman–Crippen MR) is 354 cm³/mol. The van der Waals surface area contributed by atoms with E-state index in [1.54, 1.807) is 113 Å². The number of hydrogen-bond acceptors (Lipinski definition) is 23. The summed E-state index contributed by atoms with van der Waals surface area (Å²) in [4.78, 5) is 32.4. The van der Waals surface area contributed by atoms with Crippen LogP contribution in [0.4, 0.5) is 0 Å². The number of aromatic hydroxyl groups is 1. The van der Waals surface area contributed by atoms with Crippen LogP contribution in [0.2, 0.25) is 0 Å². The summed E-state index contributed by atoms with van der Waals surface area (Å²) in [5.41, 5.74) is 26.3. The predicted octanol–water partition coefficient (Wildman–Crippen LogP) is 10.3. The second-order valence-electron chi connectivity index (χ2n) is 18.0. The number of carbonyl (C=O) groups is 3. The Morgan fingerprint density at radius 1 is 0.333 bits per heavy atom. The first-order valence-electron chi connectivity index (χ1n) is 27.4. The Kier molecular flexibility index (Phi) is 39.2. The molecule has 2 atom stereocenters. The van der Waals surface area contributed by atoms with Crippen molar-refractivity contribution in [2.45, 2.75) is 46.4 Å². The van der Waals surface area contributed by atoms with Crippen LogP contribution in [0.25, 0.3) is 0 Å². The maximum atomic E-state index is 10.8. The first-order chi connectivity index (χ1) is 44.0. The van der Waals surface area contributed by atoms with Crippen LogP contribution in [0.15, 0.2) is 115 Å². The van der Waals surface area contributed by atoms with E-state index in [0.717, 1.165) is 56.8 Å². The van der Waals surface area contributed by atoms with Crippen LogP contribution in [-0.2, 0) is 13.1 Å². The summed E-state index contributed by atoms with van der Waals surface area (Å²) < 4.78 is 75.6. The smallest absolute Gasteiger partial charge is 0.343 e. The minimum absolute atomic E-state index is 0. The van der Waals surface area contributed by atoms with Crippen molar-refractivity contribution >= 4 is 17.9 Å². The molecule has 7 aromatic carbocycles. The Morgan fingerprint density at radius 3 is 0.731 bits per heavy atom. The molecule has 0 aliphatic rings. The second-order valence-corrected chi connectivity index (χ2v) is 18.0. The molecular weight excluding hydrogens is 1210 g/mol. The third-order valence-corrected chi connectivity index (χ3v) is 12.6. The van der Waals surface area contributed by atoms with Crippen LogP contribution in [0.3, 0.4) is 0 Å². The highest BCUT2D eigenvalue weighted by atomic mass is 16.5. The molecule has 0 spiro atoms. The lowest BCUT2D eigenvalue weighted by Gasteiger charge is -2.15. The molecule has 12 N–H and O–H groups in total. The van der Waals surface area contributed by atoms with Crippen LogP contribution in [0, 0.1) is 0 Å². The van der Waals surface area contributed by atoms with E-state index >= 15 is 0 Å². The quantitative estimate of drug-likeness (QED) is 0.0312. The van der Waals surface area contributed by atoms with E-state index < -0.39 is 17.9 Å². The maximum Gasteiger partial charge on any atom is 0.343 e. The minimum atomic E-state index is -1.17. The molecule has 0 aromatic heterocycles. The van der Waals surface area contributed by atoms with Crippen LogP contribution in [0.5, 0.6) is 92.0 Å². The number of hydrogen-bond donors (Lipinski definition) is 8. The average molecular weight is 1310 g/mol. The number of nitrogens with two attached hydrogens (primary N) is 4. The molecule has 0 bridgehead atoms. The summed E-state index contributed by atoms with van der Waals surface area (Å²) in [5.74, 6) is 4.62. The largest absolute Gasteiger partial charge is 0.508 e. The fourth-order valence-corrected chi connectivity index (χ4v) is 8.30. The Balaban J connectivity index is 0.00000106. The molecule has 512 valence electrons. The number of aromatic carboxylic acids is 3. The third-order valence-electron chi connectivity index (χ3n) is 12.6. The van der Waals surface area contributed by atoms with E-state index in [1.165, 1.54) is 54.8 Å². The lowest BCUT2D eigenvalue weighted by molar-refractivity contribution is 0.0678. The van der Waals surface area contributed by atoms with Crippen molar-refractivity contribution in [2.24, 2.45) is 22.9 Å². The molecule has 0 aliphatic heterocycles. The summed E-state index contributed by atoms with van der Waals surface area (Å²) in [6.45, 7) is 4.60. The van der Waals surface area contributed by atoms with Crippen LogP contribution in [0.1, 0.15) is 86.7 Å². The van der Waals surface area contributed by atoms with Gasteiger partial charge in [-0.3, -0.25) is 0 Å². The molecule has 0 heterocycles. The highest BCUT2D eigenvalue weighted by Gasteiger charge is 2.21. The van der Waals surface area contributed by atoms with Crippen molar-refractivity contribution in [3.8, 4) is 92.0 Å². The Labute approximate surface area is 544 Å². The van der Waals surface area contributed by atoms with E-state index in [9.17, 15) is 19.5 Å². The Hall–Kier alpha value is -10.4. The number of phenols is 1. The second kappa shape index (κ2) is 44.1. The summed E-state index contributed by atoms with van der Waals surface area (Å²) in [6.07, 6.45) is 0.